The summed E-state index contributed by atoms with van der Waals surface area (Å²) in [6, 6.07) is 0.317. The van der Waals surface area contributed by atoms with E-state index in [2.05, 4.69) is 11.5 Å². The van der Waals surface area contributed by atoms with Gasteiger partial charge in [0.1, 0.15) is 0 Å². The van der Waals surface area contributed by atoms with Crippen molar-refractivity contribution in [1.29, 1.82) is 0 Å². The van der Waals surface area contributed by atoms with Crippen LogP contribution in [0.3, 0.4) is 0 Å². The van der Waals surface area contributed by atoms with Crippen LogP contribution in [0.25, 0.3) is 0 Å². The summed E-state index contributed by atoms with van der Waals surface area (Å²) in [6.07, 6.45) is 3.58. The molecule has 2 heteroatoms. The Bertz CT molecular complexity index is 124. The van der Waals surface area contributed by atoms with Crippen molar-refractivity contribution >= 4 is 0 Å². The van der Waals surface area contributed by atoms with E-state index in [1.54, 1.807) is 6.08 Å². The average Bonchev–Trinajstić information content (AvgIpc) is 2.34. The molecule has 1 N–H and O–H groups in total. The Balaban J connectivity index is 2.46. The minimum Gasteiger partial charge on any atom is -0.387 e. The number of rotatable bonds is 2. The highest BCUT2D eigenvalue weighted by molar-refractivity contribution is 4.92. The summed E-state index contributed by atoms with van der Waals surface area (Å²) in [6.45, 7) is 4.67. The first-order valence-corrected chi connectivity index (χ1v) is 3.76. The molecule has 10 heavy (non-hydrogen) atoms. The topological polar surface area (TPSA) is 23.5 Å². The Morgan fingerprint density at radius 1 is 1.80 bits per heavy atom. The summed E-state index contributed by atoms with van der Waals surface area (Å²) in [5.41, 5.74) is 0. The maximum Gasteiger partial charge on any atom is 0.0873 e. The molecule has 0 spiro atoms. The summed E-state index contributed by atoms with van der Waals surface area (Å²) < 4.78 is 0. The van der Waals surface area contributed by atoms with Crippen molar-refractivity contribution in [1.82, 2.24) is 4.90 Å². The zero-order valence-corrected chi connectivity index (χ0v) is 6.45. The van der Waals surface area contributed by atoms with Crippen molar-refractivity contribution in [2.45, 2.75) is 25.0 Å². The Morgan fingerprint density at radius 2 is 2.50 bits per heavy atom. The van der Waals surface area contributed by atoms with Crippen LogP contribution in [-0.4, -0.2) is 35.7 Å². The summed E-state index contributed by atoms with van der Waals surface area (Å²) in [4.78, 5) is 2.19. The lowest BCUT2D eigenvalue weighted by Gasteiger charge is -2.22. The molecule has 0 aromatic rings. The summed E-state index contributed by atoms with van der Waals surface area (Å²) in [7, 11) is 2.05. The fraction of sp³-hybridized carbons (Fsp3) is 0.750. The molecule has 0 amide bonds. The van der Waals surface area contributed by atoms with E-state index in [9.17, 15) is 5.11 Å². The molecule has 0 aliphatic carbocycles. The van der Waals surface area contributed by atoms with Gasteiger partial charge >= 0.3 is 0 Å². The molecule has 2 nitrogen and oxygen atoms in total. The van der Waals surface area contributed by atoms with Gasteiger partial charge in [-0.15, -0.1) is 6.58 Å². The number of aliphatic hydroxyl groups excluding tert-OH is 1. The van der Waals surface area contributed by atoms with Gasteiger partial charge < -0.3 is 10.0 Å². The molecule has 0 saturated carbocycles. The van der Waals surface area contributed by atoms with Gasteiger partial charge in [-0.3, -0.25) is 0 Å². The van der Waals surface area contributed by atoms with Crippen molar-refractivity contribution in [2.24, 2.45) is 0 Å². The molecule has 0 aromatic heterocycles. The molecule has 1 fully saturated rings. The van der Waals surface area contributed by atoms with Gasteiger partial charge in [-0.1, -0.05) is 6.08 Å². The zero-order valence-electron chi connectivity index (χ0n) is 6.45. The predicted octanol–water partition coefficient (Wildman–Crippen LogP) is 0.627. The van der Waals surface area contributed by atoms with E-state index in [1.807, 2.05) is 7.05 Å². The predicted molar refractivity (Wildman–Crippen MR) is 41.9 cm³/mol. The fourth-order valence-electron chi connectivity index (χ4n) is 1.52. The highest BCUT2D eigenvalue weighted by atomic mass is 16.3. The van der Waals surface area contributed by atoms with Gasteiger partial charge in [0.05, 0.1) is 6.10 Å². The van der Waals surface area contributed by atoms with Crippen molar-refractivity contribution in [3.63, 3.8) is 0 Å². The standard InChI is InChI=1S/C8H15NO/c1-3-8(10)7-5-4-6-9(7)2/h3,7-8,10H,1,4-6H2,2H3/t7-,8-/m0/s1. The summed E-state index contributed by atoms with van der Waals surface area (Å²) in [5.74, 6) is 0. The van der Waals surface area contributed by atoms with Gasteiger partial charge in [0.25, 0.3) is 0 Å². The minimum absolute atomic E-state index is 0.317. The quantitative estimate of drug-likeness (QED) is 0.570. The van der Waals surface area contributed by atoms with Crippen LogP contribution in [0.4, 0.5) is 0 Å². The number of likely N-dealkylation sites (tertiary alicyclic amines) is 1. The van der Waals surface area contributed by atoms with Crippen molar-refractivity contribution in [2.75, 3.05) is 13.6 Å². The second-order valence-electron chi connectivity index (χ2n) is 2.92. The van der Waals surface area contributed by atoms with Crippen LogP contribution >= 0.6 is 0 Å². The number of nitrogens with zero attached hydrogens (tertiary/aromatic N) is 1. The molecule has 1 heterocycles. The van der Waals surface area contributed by atoms with E-state index < -0.39 is 0 Å². The van der Waals surface area contributed by atoms with E-state index in [1.165, 1.54) is 6.42 Å². The summed E-state index contributed by atoms with van der Waals surface area (Å²) in [5, 5.41) is 9.37. The molecular weight excluding hydrogens is 126 g/mol. The number of hydrogen-bond donors (Lipinski definition) is 1. The third-order valence-electron chi connectivity index (χ3n) is 2.21. The van der Waals surface area contributed by atoms with E-state index >= 15 is 0 Å². The third kappa shape index (κ3) is 1.39. The highest BCUT2D eigenvalue weighted by Gasteiger charge is 2.25. The molecular formula is C8H15NO. The molecule has 1 rings (SSSR count). The van der Waals surface area contributed by atoms with E-state index in [4.69, 9.17) is 0 Å². The van der Waals surface area contributed by atoms with Crippen molar-refractivity contribution < 1.29 is 5.11 Å². The van der Waals surface area contributed by atoms with Crippen molar-refractivity contribution in [3.05, 3.63) is 12.7 Å². The van der Waals surface area contributed by atoms with Gasteiger partial charge in [-0.05, 0) is 26.4 Å². The molecule has 0 bridgehead atoms. The first-order valence-electron chi connectivity index (χ1n) is 3.76. The fourth-order valence-corrected chi connectivity index (χ4v) is 1.52. The normalized spacial score (nSPS) is 30.4. The largest absolute Gasteiger partial charge is 0.387 e. The van der Waals surface area contributed by atoms with Crippen LogP contribution < -0.4 is 0 Å². The van der Waals surface area contributed by atoms with Crippen LogP contribution in [0.15, 0.2) is 12.7 Å². The maximum atomic E-state index is 9.37. The van der Waals surface area contributed by atoms with Crippen LogP contribution in [0, 0.1) is 0 Å². The van der Waals surface area contributed by atoms with E-state index in [-0.39, 0.29) is 6.10 Å². The SMILES string of the molecule is C=C[C@H](O)[C@@H]1CCCN1C. The average molecular weight is 141 g/mol. The lowest BCUT2D eigenvalue weighted by atomic mass is 10.1. The second kappa shape index (κ2) is 3.17. The molecule has 0 aromatic carbocycles. The molecule has 2 atom stereocenters. The monoisotopic (exact) mass is 141 g/mol. The van der Waals surface area contributed by atoms with Crippen LogP contribution in [0.5, 0.6) is 0 Å². The first kappa shape index (κ1) is 7.76. The van der Waals surface area contributed by atoms with Gasteiger partial charge in [0.15, 0.2) is 0 Å². The maximum absolute atomic E-state index is 9.37. The Hall–Kier alpha value is -0.340. The molecule has 1 saturated heterocycles. The lowest BCUT2D eigenvalue weighted by Crippen LogP contribution is -2.34. The van der Waals surface area contributed by atoms with Gasteiger partial charge in [0, 0.05) is 6.04 Å². The molecule has 1 aliphatic rings. The summed E-state index contributed by atoms with van der Waals surface area (Å²) >= 11 is 0. The highest BCUT2D eigenvalue weighted by Crippen LogP contribution is 2.17. The zero-order chi connectivity index (χ0) is 7.56. The molecule has 1 aliphatic heterocycles. The smallest absolute Gasteiger partial charge is 0.0873 e. The van der Waals surface area contributed by atoms with Crippen LogP contribution in [-0.2, 0) is 0 Å². The lowest BCUT2D eigenvalue weighted by molar-refractivity contribution is 0.123. The van der Waals surface area contributed by atoms with E-state index in [0.29, 0.717) is 6.04 Å². The Labute approximate surface area is 62.2 Å². The van der Waals surface area contributed by atoms with Crippen LogP contribution in [0.1, 0.15) is 12.8 Å². The minimum atomic E-state index is -0.340. The molecule has 58 valence electrons. The van der Waals surface area contributed by atoms with Crippen molar-refractivity contribution in [3.8, 4) is 0 Å². The Kier molecular flexibility index (Phi) is 2.46. The van der Waals surface area contributed by atoms with Gasteiger partial charge in [-0.25, -0.2) is 0 Å². The Morgan fingerprint density at radius 3 is 2.90 bits per heavy atom. The van der Waals surface area contributed by atoms with Gasteiger partial charge in [0.2, 0.25) is 0 Å². The number of hydrogen-bond acceptors (Lipinski definition) is 2. The second-order valence-corrected chi connectivity index (χ2v) is 2.92. The molecule has 0 unspecified atom stereocenters. The van der Waals surface area contributed by atoms with E-state index in [0.717, 1.165) is 13.0 Å². The van der Waals surface area contributed by atoms with Gasteiger partial charge in [-0.2, -0.15) is 0 Å². The first-order chi connectivity index (χ1) is 4.75. The third-order valence-corrected chi connectivity index (χ3v) is 2.21. The number of likely N-dealkylation sites (N-methyl/N-ethyl adjacent to an activating group) is 1. The number of aliphatic hydroxyl groups is 1. The van der Waals surface area contributed by atoms with Crippen LogP contribution in [0.2, 0.25) is 0 Å². The molecule has 0 radical (unpaired) electrons.